The van der Waals surface area contributed by atoms with Crippen molar-refractivity contribution in [2.75, 3.05) is 0 Å². The van der Waals surface area contributed by atoms with Crippen molar-refractivity contribution in [3.05, 3.63) is 36.1 Å². The Hall–Kier alpha value is -0.980. The molecule has 0 aliphatic heterocycles. The van der Waals surface area contributed by atoms with Crippen LogP contribution in [0, 0.1) is 0 Å². The molecule has 0 saturated carbocycles. The van der Waals surface area contributed by atoms with E-state index in [9.17, 15) is 0 Å². The normalized spacial score (nSPS) is 11.3. The number of rotatable bonds is 5. The highest BCUT2D eigenvalue weighted by Crippen LogP contribution is 2.10. The SMILES string of the molecule is C=C(/C=C(\N)CC(=C)CC)CC. The third-order valence-corrected chi connectivity index (χ3v) is 1.80. The summed E-state index contributed by atoms with van der Waals surface area (Å²) in [4.78, 5) is 0. The first-order valence-corrected chi connectivity index (χ1v) is 4.40. The van der Waals surface area contributed by atoms with Crippen LogP contribution in [-0.4, -0.2) is 0 Å². The molecule has 1 heteroatoms. The molecule has 0 aliphatic rings. The predicted octanol–water partition coefficient (Wildman–Crippen LogP) is 3.15. The Bertz CT molecular complexity index is 199. The summed E-state index contributed by atoms with van der Waals surface area (Å²) in [6.45, 7) is 11.9. The molecule has 12 heavy (non-hydrogen) atoms. The van der Waals surface area contributed by atoms with Crippen molar-refractivity contribution in [3.63, 3.8) is 0 Å². The minimum Gasteiger partial charge on any atom is -0.402 e. The summed E-state index contributed by atoms with van der Waals surface area (Å²) in [6.07, 6.45) is 4.70. The molecule has 1 nitrogen and oxygen atoms in total. The summed E-state index contributed by atoms with van der Waals surface area (Å²) in [6, 6.07) is 0. The fourth-order valence-electron chi connectivity index (χ4n) is 0.829. The lowest BCUT2D eigenvalue weighted by Gasteiger charge is -2.03. The molecule has 0 aromatic heterocycles. The summed E-state index contributed by atoms with van der Waals surface area (Å²) in [5.74, 6) is 0. The van der Waals surface area contributed by atoms with Crippen LogP contribution >= 0.6 is 0 Å². The summed E-state index contributed by atoms with van der Waals surface area (Å²) >= 11 is 0. The molecule has 0 aliphatic carbocycles. The van der Waals surface area contributed by atoms with E-state index in [0.29, 0.717) is 0 Å². The van der Waals surface area contributed by atoms with Crippen molar-refractivity contribution in [1.82, 2.24) is 0 Å². The van der Waals surface area contributed by atoms with Gasteiger partial charge < -0.3 is 5.73 Å². The van der Waals surface area contributed by atoms with Crippen LogP contribution in [0.15, 0.2) is 36.1 Å². The fraction of sp³-hybridized carbons (Fsp3) is 0.455. The Balaban J connectivity index is 4.02. The van der Waals surface area contributed by atoms with Gasteiger partial charge in [-0.15, -0.1) is 0 Å². The molecule has 2 N–H and O–H groups in total. The van der Waals surface area contributed by atoms with Gasteiger partial charge in [0.1, 0.15) is 0 Å². The standard InChI is InChI=1S/C11H19N/c1-5-9(3)7-11(12)8-10(4)6-2/h7H,3-6,8,12H2,1-2H3/b11-7-. The minimum atomic E-state index is 0.801. The molecule has 0 radical (unpaired) electrons. The lowest BCUT2D eigenvalue weighted by molar-refractivity contribution is 0.979. The fourth-order valence-corrected chi connectivity index (χ4v) is 0.829. The molecule has 0 rings (SSSR count). The van der Waals surface area contributed by atoms with Gasteiger partial charge >= 0.3 is 0 Å². The Morgan fingerprint density at radius 2 is 1.83 bits per heavy atom. The van der Waals surface area contributed by atoms with Gasteiger partial charge in [-0.3, -0.25) is 0 Å². The molecule has 0 bridgehead atoms. The Morgan fingerprint density at radius 1 is 1.25 bits per heavy atom. The van der Waals surface area contributed by atoms with Crippen LogP contribution in [0.5, 0.6) is 0 Å². The summed E-state index contributed by atoms with van der Waals surface area (Å²) < 4.78 is 0. The van der Waals surface area contributed by atoms with Crippen LogP contribution in [0.2, 0.25) is 0 Å². The van der Waals surface area contributed by atoms with Crippen molar-refractivity contribution < 1.29 is 0 Å². The lowest BCUT2D eigenvalue weighted by Crippen LogP contribution is -1.98. The first-order valence-electron chi connectivity index (χ1n) is 4.40. The average molecular weight is 165 g/mol. The summed E-state index contributed by atoms with van der Waals surface area (Å²) in [7, 11) is 0. The van der Waals surface area contributed by atoms with Crippen molar-refractivity contribution >= 4 is 0 Å². The van der Waals surface area contributed by atoms with Gasteiger partial charge in [0.25, 0.3) is 0 Å². The number of nitrogens with two attached hydrogens (primary N) is 1. The highest BCUT2D eigenvalue weighted by molar-refractivity contribution is 5.21. The van der Waals surface area contributed by atoms with Crippen molar-refractivity contribution in [3.8, 4) is 0 Å². The number of allylic oxidation sites excluding steroid dienone is 3. The van der Waals surface area contributed by atoms with Crippen molar-refractivity contribution in [2.45, 2.75) is 33.1 Å². The molecule has 0 spiro atoms. The zero-order valence-corrected chi connectivity index (χ0v) is 8.19. The first-order chi connectivity index (χ1) is 5.60. The van der Waals surface area contributed by atoms with Crippen LogP contribution in [-0.2, 0) is 0 Å². The highest BCUT2D eigenvalue weighted by Gasteiger charge is 1.94. The average Bonchev–Trinajstić information content (AvgIpc) is 2.03. The highest BCUT2D eigenvalue weighted by atomic mass is 14.6. The quantitative estimate of drug-likeness (QED) is 0.491. The van der Waals surface area contributed by atoms with Crippen LogP contribution in [0.25, 0.3) is 0 Å². The monoisotopic (exact) mass is 165 g/mol. The second-order valence-electron chi connectivity index (χ2n) is 3.01. The van der Waals surface area contributed by atoms with Gasteiger partial charge in [-0.1, -0.05) is 38.2 Å². The van der Waals surface area contributed by atoms with E-state index in [-0.39, 0.29) is 0 Å². The van der Waals surface area contributed by atoms with Crippen molar-refractivity contribution in [2.24, 2.45) is 5.73 Å². The van der Waals surface area contributed by atoms with E-state index in [1.807, 2.05) is 6.08 Å². The van der Waals surface area contributed by atoms with Crippen LogP contribution in [0.4, 0.5) is 0 Å². The van der Waals surface area contributed by atoms with E-state index in [2.05, 4.69) is 27.0 Å². The van der Waals surface area contributed by atoms with Gasteiger partial charge in [0.15, 0.2) is 0 Å². The first kappa shape index (κ1) is 11.0. The van der Waals surface area contributed by atoms with Gasteiger partial charge in [-0.05, 0) is 18.9 Å². The van der Waals surface area contributed by atoms with Gasteiger partial charge in [0.2, 0.25) is 0 Å². The summed E-state index contributed by atoms with van der Waals surface area (Å²) in [5, 5.41) is 0. The predicted molar refractivity (Wildman–Crippen MR) is 55.7 cm³/mol. The molecular formula is C11H19N. The molecule has 0 amide bonds. The maximum atomic E-state index is 5.77. The second-order valence-corrected chi connectivity index (χ2v) is 3.01. The molecule has 0 unspecified atom stereocenters. The van der Waals surface area contributed by atoms with Gasteiger partial charge in [0.05, 0.1) is 0 Å². The van der Waals surface area contributed by atoms with Crippen LogP contribution in [0.3, 0.4) is 0 Å². The molecule has 0 aromatic carbocycles. The van der Waals surface area contributed by atoms with Gasteiger partial charge in [-0.2, -0.15) is 0 Å². The van der Waals surface area contributed by atoms with Crippen LogP contribution < -0.4 is 5.73 Å². The molecule has 0 heterocycles. The molecule has 68 valence electrons. The minimum absolute atomic E-state index is 0.801. The molecular weight excluding hydrogens is 146 g/mol. The summed E-state index contributed by atoms with van der Waals surface area (Å²) in [5.41, 5.74) is 8.89. The molecule has 0 aromatic rings. The second kappa shape index (κ2) is 5.64. The van der Waals surface area contributed by atoms with E-state index in [4.69, 9.17) is 5.73 Å². The Morgan fingerprint density at radius 3 is 2.25 bits per heavy atom. The third kappa shape index (κ3) is 4.78. The molecule has 0 atom stereocenters. The topological polar surface area (TPSA) is 26.0 Å². The largest absolute Gasteiger partial charge is 0.402 e. The van der Waals surface area contributed by atoms with Crippen LogP contribution in [0.1, 0.15) is 33.1 Å². The number of hydrogen-bond acceptors (Lipinski definition) is 1. The van der Waals surface area contributed by atoms with Crippen molar-refractivity contribution in [1.29, 1.82) is 0 Å². The Labute approximate surface area is 75.7 Å². The van der Waals surface area contributed by atoms with E-state index in [1.54, 1.807) is 0 Å². The maximum Gasteiger partial charge on any atom is 0.0124 e. The van der Waals surface area contributed by atoms with Gasteiger partial charge in [0, 0.05) is 12.1 Å². The molecule has 0 fully saturated rings. The zero-order valence-electron chi connectivity index (χ0n) is 8.19. The van der Waals surface area contributed by atoms with E-state index in [1.165, 1.54) is 5.57 Å². The smallest absolute Gasteiger partial charge is 0.0124 e. The molecule has 0 saturated heterocycles. The van der Waals surface area contributed by atoms with E-state index < -0.39 is 0 Å². The lowest BCUT2D eigenvalue weighted by atomic mass is 10.1. The number of hydrogen-bond donors (Lipinski definition) is 1. The third-order valence-electron chi connectivity index (χ3n) is 1.80. The van der Waals surface area contributed by atoms with E-state index in [0.717, 1.165) is 30.5 Å². The Kier molecular flexibility index (Phi) is 5.18. The zero-order chi connectivity index (χ0) is 9.56. The van der Waals surface area contributed by atoms with E-state index >= 15 is 0 Å². The van der Waals surface area contributed by atoms with Gasteiger partial charge in [-0.25, -0.2) is 0 Å². The maximum absolute atomic E-state index is 5.77.